The van der Waals surface area contributed by atoms with Gasteiger partial charge in [-0.3, -0.25) is 29.3 Å². The Bertz CT molecular complexity index is 3330. The molecule has 0 atom stereocenters. The second-order valence-electron chi connectivity index (χ2n) is 19.5. The molecule has 9 heteroatoms. The number of benzene rings is 6. The van der Waals surface area contributed by atoms with Gasteiger partial charge in [-0.1, -0.05) is 128 Å². The topological polar surface area (TPSA) is 99.6 Å². The second-order valence-corrected chi connectivity index (χ2v) is 19.5. The van der Waals surface area contributed by atoms with Gasteiger partial charge in [-0.2, -0.15) is 0 Å². The summed E-state index contributed by atoms with van der Waals surface area (Å²) in [4.78, 5) is 57.3. The Morgan fingerprint density at radius 2 is 0.692 bits per heavy atom. The molecule has 9 nitrogen and oxygen atoms in total. The fourth-order valence-electron chi connectivity index (χ4n) is 9.23. The third-order valence-corrected chi connectivity index (χ3v) is 13.2. The van der Waals surface area contributed by atoms with Crippen LogP contribution in [-0.2, 0) is 19.3 Å². The third kappa shape index (κ3) is 16.8. The van der Waals surface area contributed by atoms with Crippen LogP contribution >= 0.6 is 0 Å². The number of anilines is 6. The van der Waals surface area contributed by atoms with Crippen molar-refractivity contribution in [3.63, 3.8) is 0 Å². The molecule has 0 fully saturated rings. The highest BCUT2D eigenvalue weighted by Gasteiger charge is 2.15. The van der Waals surface area contributed by atoms with Gasteiger partial charge >= 0.3 is 0 Å². The van der Waals surface area contributed by atoms with E-state index < -0.39 is 0 Å². The summed E-state index contributed by atoms with van der Waals surface area (Å²) in [6, 6.07) is 60.0. The fraction of sp³-hybridized carbons (Fsp3) is 0.217. The van der Waals surface area contributed by atoms with E-state index in [9.17, 15) is 14.4 Å². The Morgan fingerprint density at radius 1 is 0.359 bits per heavy atom. The number of nitrogens with zero attached hydrogens (tertiary/aromatic N) is 6. The van der Waals surface area contributed by atoms with Crippen molar-refractivity contribution in [3.8, 4) is 0 Å². The van der Waals surface area contributed by atoms with Gasteiger partial charge in [0.15, 0.2) is 17.3 Å². The molecule has 9 aromatic rings. The molecule has 0 aliphatic rings. The van der Waals surface area contributed by atoms with Crippen LogP contribution in [0.25, 0.3) is 0 Å². The minimum Gasteiger partial charge on any atom is -0.341 e. The zero-order valence-corrected chi connectivity index (χ0v) is 46.1. The fourth-order valence-corrected chi connectivity index (χ4v) is 9.23. The van der Waals surface area contributed by atoms with Gasteiger partial charge in [0.1, 0.15) is 0 Å². The van der Waals surface area contributed by atoms with Crippen molar-refractivity contribution in [2.24, 2.45) is 0 Å². The first-order chi connectivity index (χ1) is 38.0. The van der Waals surface area contributed by atoms with Crippen LogP contribution in [0.5, 0.6) is 0 Å². The molecule has 9 rings (SSSR count). The molecule has 396 valence electrons. The molecular formula is C69H72N6O3. The SMILES string of the molecule is CCCCN(c1cccnc1)c1cccc(CC(=O)c2cccc(C)c2)c1.CCCN(c1cccnc1)c1cccc(CC(=O)c2cccc(C)c2)c1.CCN(c1cccnc1)c1cccc(CC(=O)c2cccc(C)c2)c1. The standard InChI is InChI=1S/C24H26N2O.C23H24N2O.C22H22N2O/c1-3-4-14-26(23-12-7-13-25-18-23)22-11-6-9-20(16-22)17-24(27)21-10-5-8-19(2)15-21;1-3-13-25(22-11-6-12-24-17-22)21-10-5-8-19(15-21)16-23(26)20-9-4-7-18(2)14-20;1-3-24(21-11-6-12-23-16-21)20-10-5-8-18(14-20)15-22(25)19-9-4-7-17(2)13-19/h5-13,15-16,18H,3-4,14,17H2,1-2H3;4-12,14-15,17H,3,13,16H2,1-2H3;4-14,16H,3,15H2,1-2H3. The molecule has 0 saturated heterocycles. The molecule has 0 radical (unpaired) electrons. The molecule has 0 aliphatic carbocycles. The number of unbranched alkanes of at least 4 members (excludes halogenated alkanes) is 1. The van der Waals surface area contributed by atoms with Crippen molar-refractivity contribution in [1.29, 1.82) is 0 Å². The normalized spacial score (nSPS) is 10.5. The number of aryl methyl sites for hydroxylation is 3. The van der Waals surface area contributed by atoms with Crippen molar-refractivity contribution in [2.45, 2.75) is 80.1 Å². The Hall–Kier alpha value is -8.82. The molecule has 0 amide bonds. The molecule has 0 aliphatic heterocycles. The highest BCUT2D eigenvalue weighted by Crippen LogP contribution is 2.29. The van der Waals surface area contributed by atoms with Crippen molar-refractivity contribution in [3.05, 3.63) is 269 Å². The van der Waals surface area contributed by atoms with Crippen molar-refractivity contribution in [1.82, 2.24) is 15.0 Å². The van der Waals surface area contributed by atoms with E-state index in [0.717, 1.165) is 123 Å². The number of hydrogen-bond acceptors (Lipinski definition) is 9. The van der Waals surface area contributed by atoms with Crippen LogP contribution in [0.2, 0.25) is 0 Å². The minimum atomic E-state index is 0.144. The largest absolute Gasteiger partial charge is 0.341 e. The summed E-state index contributed by atoms with van der Waals surface area (Å²) in [5.74, 6) is 0.442. The van der Waals surface area contributed by atoms with Gasteiger partial charge in [-0.15, -0.1) is 0 Å². The van der Waals surface area contributed by atoms with Gasteiger partial charge in [0.25, 0.3) is 0 Å². The highest BCUT2D eigenvalue weighted by atomic mass is 16.1. The average molecular weight is 1030 g/mol. The smallest absolute Gasteiger partial charge is 0.167 e. The quantitative estimate of drug-likeness (QED) is 0.0652. The summed E-state index contributed by atoms with van der Waals surface area (Å²) in [7, 11) is 0. The van der Waals surface area contributed by atoms with Crippen LogP contribution < -0.4 is 14.7 Å². The lowest BCUT2D eigenvalue weighted by Crippen LogP contribution is -2.18. The van der Waals surface area contributed by atoms with E-state index in [1.54, 1.807) is 18.6 Å². The zero-order chi connectivity index (χ0) is 55.1. The lowest BCUT2D eigenvalue weighted by atomic mass is 10.0. The van der Waals surface area contributed by atoms with Crippen LogP contribution in [0.1, 0.15) is 104 Å². The van der Waals surface area contributed by atoms with Gasteiger partial charge in [-0.05, 0) is 148 Å². The van der Waals surface area contributed by atoms with E-state index in [4.69, 9.17) is 0 Å². The number of ketones is 3. The summed E-state index contributed by atoms with van der Waals surface area (Å²) in [6.07, 6.45) is 15.4. The van der Waals surface area contributed by atoms with Gasteiger partial charge in [0.05, 0.1) is 35.7 Å². The zero-order valence-electron chi connectivity index (χ0n) is 46.1. The number of Topliss-reactive ketones (excluding diaryl/α,β-unsaturated/α-hetero) is 3. The maximum absolute atomic E-state index is 12.7. The summed E-state index contributed by atoms with van der Waals surface area (Å²) in [6.45, 7) is 15.2. The van der Waals surface area contributed by atoms with E-state index in [2.05, 4.69) is 99.0 Å². The first kappa shape index (κ1) is 56.9. The van der Waals surface area contributed by atoms with E-state index in [0.29, 0.717) is 19.3 Å². The number of hydrogen-bond donors (Lipinski definition) is 0. The molecule has 0 unspecified atom stereocenters. The molecule has 78 heavy (non-hydrogen) atoms. The Kier molecular flexibility index (Phi) is 21.5. The molecule has 0 spiro atoms. The van der Waals surface area contributed by atoms with Gasteiger partial charge in [-0.25, -0.2) is 0 Å². The number of rotatable bonds is 21. The maximum Gasteiger partial charge on any atom is 0.167 e. The van der Waals surface area contributed by atoms with Crippen LogP contribution in [0.4, 0.5) is 34.1 Å². The molecule has 3 aromatic heterocycles. The molecule has 3 heterocycles. The minimum absolute atomic E-state index is 0.144. The lowest BCUT2D eigenvalue weighted by molar-refractivity contribution is 0.0984. The molecule has 0 N–H and O–H groups in total. The van der Waals surface area contributed by atoms with Crippen molar-refractivity contribution >= 4 is 51.5 Å². The van der Waals surface area contributed by atoms with Crippen molar-refractivity contribution in [2.75, 3.05) is 34.3 Å². The Labute approximate surface area is 462 Å². The van der Waals surface area contributed by atoms with Crippen LogP contribution in [0.15, 0.2) is 219 Å². The predicted octanol–water partition coefficient (Wildman–Crippen LogP) is 16.1. The van der Waals surface area contributed by atoms with Crippen LogP contribution in [0.3, 0.4) is 0 Å². The monoisotopic (exact) mass is 1030 g/mol. The molecule has 6 aromatic carbocycles. The maximum atomic E-state index is 12.7. The number of aromatic nitrogens is 3. The van der Waals surface area contributed by atoms with Crippen LogP contribution in [0, 0.1) is 20.8 Å². The summed E-state index contributed by atoms with van der Waals surface area (Å²) < 4.78 is 0. The summed E-state index contributed by atoms with van der Waals surface area (Å²) >= 11 is 0. The van der Waals surface area contributed by atoms with Gasteiger partial charge < -0.3 is 14.7 Å². The number of carbonyl (C=O) groups excluding carboxylic acids is 3. The van der Waals surface area contributed by atoms with E-state index in [-0.39, 0.29) is 17.3 Å². The summed E-state index contributed by atoms with van der Waals surface area (Å²) in [5, 5.41) is 0. The van der Waals surface area contributed by atoms with Gasteiger partial charge in [0, 0.05) is 91.2 Å². The van der Waals surface area contributed by atoms with E-state index in [1.165, 1.54) is 0 Å². The second kappa shape index (κ2) is 29.5. The molecule has 0 bridgehead atoms. The van der Waals surface area contributed by atoms with E-state index in [1.807, 2.05) is 173 Å². The van der Waals surface area contributed by atoms with Gasteiger partial charge in [0.2, 0.25) is 0 Å². The highest BCUT2D eigenvalue weighted by molar-refractivity contribution is 5.99. The number of carbonyl (C=O) groups is 3. The van der Waals surface area contributed by atoms with Crippen LogP contribution in [-0.4, -0.2) is 51.9 Å². The first-order valence-electron chi connectivity index (χ1n) is 27.1. The predicted molar refractivity (Wildman–Crippen MR) is 322 cm³/mol. The summed E-state index contributed by atoms with van der Waals surface area (Å²) in [5.41, 5.74) is 15.2. The molecular weight excluding hydrogens is 961 g/mol. The first-order valence-corrected chi connectivity index (χ1v) is 27.1. The Balaban J connectivity index is 0.000000170. The molecule has 0 saturated carbocycles. The third-order valence-electron chi connectivity index (χ3n) is 13.2. The number of pyridine rings is 3. The lowest BCUT2D eigenvalue weighted by Gasteiger charge is -2.25. The Morgan fingerprint density at radius 3 is 1.01 bits per heavy atom. The van der Waals surface area contributed by atoms with Crippen molar-refractivity contribution < 1.29 is 14.4 Å². The van der Waals surface area contributed by atoms with E-state index >= 15 is 0 Å². The average Bonchev–Trinajstić information content (AvgIpc) is 3.46.